The average Bonchev–Trinajstić information content (AvgIpc) is 4.15. The molecule has 0 fully saturated rings. The molecule has 4 nitrogen and oxygen atoms in total. The molecule has 0 aliphatic heterocycles. The lowest BCUT2D eigenvalue weighted by atomic mass is 9.71. The Labute approximate surface area is 395 Å². The van der Waals surface area contributed by atoms with E-state index in [9.17, 15) is 21.0 Å². The molecule has 0 radical (unpaired) electrons. The zero-order valence-electron chi connectivity index (χ0n) is 38.6. The summed E-state index contributed by atoms with van der Waals surface area (Å²) >= 11 is 6.84. The summed E-state index contributed by atoms with van der Waals surface area (Å²) in [5.74, 6) is 0. The van der Waals surface area contributed by atoms with E-state index in [1.165, 1.54) is 209 Å². The standard InChI is InChI=1S/C55H72N4S4/c1-3-5-7-9-11-13-15-17-19-21-23-25-27-29-35-55(36-30-28-26-24-22-20-18-16-14-12-10-8-6-4-2)45-37-51(49-33-31-47(60-49)43(39-56)40-57)62-53(45)54-46(55)38-52(63-54)50-34-32-48(61-50)44(41-58)42-59/h31-34,37-38H,3-30,35-36H2,1-2H3/b51-49-,52-50+. The Hall–Kier alpha value is -3.50. The van der Waals surface area contributed by atoms with Gasteiger partial charge in [-0.25, -0.2) is 0 Å². The van der Waals surface area contributed by atoms with Gasteiger partial charge in [0.1, 0.15) is 35.4 Å². The molecular formula is C55H72N4S4. The van der Waals surface area contributed by atoms with Crippen LogP contribution in [0.2, 0.25) is 0 Å². The second-order valence-corrected chi connectivity index (χ2v) is 22.3. The number of nitrogens with zero attached hydrogens (tertiary/aromatic N) is 4. The molecule has 336 valence electrons. The van der Waals surface area contributed by atoms with Gasteiger partial charge in [0.2, 0.25) is 0 Å². The fraction of sp³-hybridized carbons (Fsp3) is 0.600. The van der Waals surface area contributed by atoms with Crippen LogP contribution in [0.15, 0.2) is 36.4 Å². The monoisotopic (exact) mass is 916 g/mol. The van der Waals surface area contributed by atoms with Gasteiger partial charge in [-0.05, 0) is 60.4 Å². The van der Waals surface area contributed by atoms with Crippen LogP contribution in [-0.2, 0) is 5.41 Å². The van der Waals surface area contributed by atoms with E-state index in [1.807, 2.05) is 34.8 Å². The molecule has 4 aromatic rings. The molecule has 0 atom stereocenters. The third kappa shape index (κ3) is 14.8. The highest BCUT2D eigenvalue weighted by molar-refractivity contribution is 7.14. The second kappa shape index (κ2) is 28.4. The number of nitriles is 4. The molecule has 63 heavy (non-hydrogen) atoms. The Morgan fingerprint density at radius 1 is 0.381 bits per heavy atom. The molecule has 0 N–H and O–H groups in total. The topological polar surface area (TPSA) is 95.2 Å². The highest BCUT2D eigenvalue weighted by Crippen LogP contribution is 2.50. The zero-order valence-corrected chi connectivity index (χ0v) is 41.9. The van der Waals surface area contributed by atoms with Gasteiger partial charge in [-0.2, -0.15) is 21.0 Å². The molecule has 4 heterocycles. The first-order chi connectivity index (χ1) is 31.0. The van der Waals surface area contributed by atoms with Gasteiger partial charge < -0.3 is 0 Å². The lowest BCUT2D eigenvalue weighted by molar-refractivity contribution is 0.394. The van der Waals surface area contributed by atoms with E-state index >= 15 is 0 Å². The number of unbranched alkanes of at least 4 members (excludes halogenated alkanes) is 26. The minimum absolute atomic E-state index is 0.0597. The number of rotatable bonds is 30. The van der Waals surface area contributed by atoms with E-state index in [2.05, 4.69) is 62.4 Å². The number of hydrogen-bond donors (Lipinski definition) is 0. The van der Waals surface area contributed by atoms with Crippen LogP contribution in [0.3, 0.4) is 0 Å². The van der Waals surface area contributed by atoms with Crippen molar-refractivity contribution in [3.05, 3.63) is 83.8 Å². The lowest BCUT2D eigenvalue weighted by Crippen LogP contribution is -2.25. The van der Waals surface area contributed by atoms with Crippen LogP contribution in [0, 0.1) is 72.5 Å². The van der Waals surface area contributed by atoms with E-state index < -0.39 is 0 Å². The highest BCUT2D eigenvalue weighted by atomic mass is 32.1. The molecule has 0 amide bonds. The van der Waals surface area contributed by atoms with Crippen LogP contribution in [0.1, 0.15) is 218 Å². The molecular weight excluding hydrogens is 845 g/mol. The van der Waals surface area contributed by atoms with Gasteiger partial charge in [0.05, 0.1) is 9.06 Å². The van der Waals surface area contributed by atoms with Gasteiger partial charge in [-0.1, -0.05) is 194 Å². The van der Waals surface area contributed by atoms with Crippen LogP contribution in [0.5, 0.6) is 0 Å². The molecule has 0 saturated carbocycles. The van der Waals surface area contributed by atoms with E-state index in [-0.39, 0.29) is 16.6 Å². The third-order valence-corrected chi connectivity index (χ3v) is 18.3. The molecule has 0 unspecified atom stereocenters. The lowest BCUT2D eigenvalue weighted by Gasteiger charge is -2.32. The van der Waals surface area contributed by atoms with Crippen molar-refractivity contribution in [2.45, 2.75) is 212 Å². The first kappa shape index (κ1) is 50.5. The first-order valence-corrected chi connectivity index (χ1v) is 28.1. The van der Waals surface area contributed by atoms with Crippen LogP contribution in [0.25, 0.3) is 11.1 Å². The van der Waals surface area contributed by atoms with E-state index in [0.29, 0.717) is 0 Å². The summed E-state index contributed by atoms with van der Waals surface area (Å²) in [5.41, 5.74) is 3.25. The fourth-order valence-electron chi connectivity index (χ4n) is 9.60. The predicted molar refractivity (Wildman–Crippen MR) is 269 cm³/mol. The molecule has 0 bridgehead atoms. The maximum Gasteiger partial charge on any atom is 0.146 e. The van der Waals surface area contributed by atoms with Crippen molar-refractivity contribution < 1.29 is 0 Å². The van der Waals surface area contributed by atoms with Gasteiger partial charge in [-0.15, -0.1) is 45.3 Å². The summed E-state index contributed by atoms with van der Waals surface area (Å²) in [6, 6.07) is 21.3. The summed E-state index contributed by atoms with van der Waals surface area (Å²) in [4.78, 5) is 0. The van der Waals surface area contributed by atoms with Crippen molar-refractivity contribution in [3.8, 4) is 24.3 Å². The molecule has 0 saturated heterocycles. The third-order valence-electron chi connectivity index (χ3n) is 13.3. The van der Waals surface area contributed by atoms with Crippen molar-refractivity contribution >= 4 is 56.5 Å². The van der Waals surface area contributed by atoms with Crippen molar-refractivity contribution in [2.24, 2.45) is 0 Å². The first-order valence-electron chi connectivity index (χ1n) is 24.9. The van der Waals surface area contributed by atoms with Crippen molar-refractivity contribution in [1.29, 1.82) is 21.0 Å². The summed E-state index contributed by atoms with van der Waals surface area (Å²) in [7, 11) is 0. The summed E-state index contributed by atoms with van der Waals surface area (Å²) in [6.07, 6.45) is 40.2. The molecule has 0 spiro atoms. The molecule has 1 aliphatic rings. The van der Waals surface area contributed by atoms with Gasteiger partial charge in [0, 0.05) is 32.6 Å². The maximum atomic E-state index is 9.61. The smallest absolute Gasteiger partial charge is 0.146 e. The fourth-order valence-corrected chi connectivity index (χ4v) is 14.3. The van der Waals surface area contributed by atoms with Gasteiger partial charge >= 0.3 is 0 Å². The van der Waals surface area contributed by atoms with Crippen LogP contribution in [0.4, 0.5) is 0 Å². The van der Waals surface area contributed by atoms with Gasteiger partial charge in [0.25, 0.3) is 0 Å². The minimum Gasteiger partial charge on any atom is -0.192 e. The SMILES string of the molecule is CCCCCCCCCCCCCCCCC1(CCCCCCCCCCCCCCCC)c2c/c(=c3\ccc(=C(C#N)C#N)s3)sc2=c2s/c(=c3\ccc(=C(C#N)C#N)s3)cc21. The minimum atomic E-state index is -0.0597. The Morgan fingerprint density at radius 2 is 0.667 bits per heavy atom. The summed E-state index contributed by atoms with van der Waals surface area (Å²) < 4.78 is 8.90. The quantitative estimate of drug-likeness (QED) is 0.0487. The zero-order chi connectivity index (χ0) is 44.5. The van der Waals surface area contributed by atoms with E-state index in [0.717, 1.165) is 31.0 Å². The Morgan fingerprint density at radius 3 is 0.952 bits per heavy atom. The van der Waals surface area contributed by atoms with Gasteiger partial charge in [0.15, 0.2) is 0 Å². The summed E-state index contributed by atoms with van der Waals surface area (Å²) in [6.45, 7) is 4.58. The number of hydrogen-bond acceptors (Lipinski definition) is 8. The average molecular weight is 917 g/mol. The summed E-state index contributed by atoms with van der Waals surface area (Å²) in [5, 5.41) is 38.4. The Kier molecular flexibility index (Phi) is 22.8. The molecule has 0 aromatic carbocycles. The van der Waals surface area contributed by atoms with Crippen LogP contribution >= 0.6 is 45.3 Å². The molecule has 1 aliphatic carbocycles. The second-order valence-electron chi connectivity index (χ2n) is 18.0. The predicted octanol–water partition coefficient (Wildman–Crippen LogP) is 16.5. The number of thiophene rings is 4. The maximum absolute atomic E-state index is 9.61. The van der Waals surface area contributed by atoms with Gasteiger partial charge in [-0.3, -0.25) is 0 Å². The highest BCUT2D eigenvalue weighted by Gasteiger charge is 2.40. The van der Waals surface area contributed by atoms with Crippen molar-refractivity contribution in [2.75, 3.05) is 0 Å². The van der Waals surface area contributed by atoms with Crippen LogP contribution < -0.4 is 9.06 Å². The Balaban J connectivity index is 1.36. The largest absolute Gasteiger partial charge is 0.192 e. The van der Waals surface area contributed by atoms with Crippen LogP contribution in [-0.4, -0.2) is 0 Å². The van der Waals surface area contributed by atoms with E-state index in [1.54, 1.807) is 22.7 Å². The molecule has 4 aromatic heterocycles. The normalized spacial score (nSPS) is 13.5. The number of fused-ring (bicyclic) bond motifs is 2. The Bertz CT molecular complexity index is 2380. The molecule has 8 heteroatoms. The van der Waals surface area contributed by atoms with Crippen molar-refractivity contribution in [3.63, 3.8) is 0 Å². The van der Waals surface area contributed by atoms with Crippen molar-refractivity contribution in [1.82, 2.24) is 0 Å². The van der Waals surface area contributed by atoms with E-state index in [4.69, 9.17) is 0 Å². The molecule has 5 rings (SSSR count).